The molecule has 0 radical (unpaired) electrons. The number of hydrogen-bond acceptors (Lipinski definition) is 1. The minimum absolute atomic E-state index is 0.0162. The third kappa shape index (κ3) is 4.75. The molecule has 3 heteroatoms. The Morgan fingerprint density at radius 1 is 0.408 bits per heavy atom. The second-order valence-electron chi connectivity index (χ2n) is 16.7. The third-order valence-corrected chi connectivity index (χ3v) is 13.0. The average Bonchev–Trinajstić information content (AvgIpc) is 3.05. The third-order valence-electron chi connectivity index (χ3n) is 13.0. The van der Waals surface area contributed by atoms with Crippen molar-refractivity contribution >= 4 is 63.3 Å². The molecule has 2 aliphatic rings. The SMILES string of the molecule is Cc1ccc2c(c1)B(c1c(C)c(C)c(C)c(C)c1C)c1cc(C(C)(C)C)cc3c1N2c1ccc(C)cc1B3c1c(C)c(C)c(C)c(C)c1C. The highest BCUT2D eigenvalue weighted by Crippen LogP contribution is 2.40. The van der Waals surface area contributed by atoms with E-state index in [1.165, 1.54) is 122 Å². The van der Waals surface area contributed by atoms with Gasteiger partial charge in [-0.2, -0.15) is 0 Å². The fourth-order valence-electron chi connectivity index (χ4n) is 9.28. The monoisotopic (exact) mass is 641 g/mol. The summed E-state index contributed by atoms with van der Waals surface area (Å²) in [5, 5.41) is 0. The van der Waals surface area contributed by atoms with E-state index < -0.39 is 0 Å². The lowest BCUT2D eigenvalue weighted by atomic mass is 9.29. The summed E-state index contributed by atoms with van der Waals surface area (Å²) in [5.41, 5.74) is 31.0. The lowest BCUT2D eigenvalue weighted by molar-refractivity contribution is 0.591. The van der Waals surface area contributed by atoms with Gasteiger partial charge in [0.15, 0.2) is 0 Å². The maximum Gasteiger partial charge on any atom is 0.247 e. The van der Waals surface area contributed by atoms with Crippen LogP contribution in [0.4, 0.5) is 17.1 Å². The van der Waals surface area contributed by atoms with E-state index in [4.69, 9.17) is 0 Å². The number of rotatable bonds is 2. The van der Waals surface area contributed by atoms with Crippen molar-refractivity contribution in [2.75, 3.05) is 4.90 Å². The van der Waals surface area contributed by atoms with Crippen molar-refractivity contribution in [2.24, 2.45) is 0 Å². The normalized spacial score (nSPS) is 13.5. The molecule has 0 bridgehead atoms. The molecule has 0 fully saturated rings. The zero-order valence-electron chi connectivity index (χ0n) is 32.7. The number of fused-ring (bicyclic) bond motifs is 4. The summed E-state index contributed by atoms with van der Waals surface area (Å²) in [6.07, 6.45) is 0. The van der Waals surface area contributed by atoms with E-state index in [1.54, 1.807) is 0 Å². The first-order chi connectivity index (χ1) is 22.9. The summed E-state index contributed by atoms with van der Waals surface area (Å²) >= 11 is 0. The first-order valence-corrected chi connectivity index (χ1v) is 18.3. The van der Waals surface area contributed by atoms with E-state index in [0.717, 1.165) is 0 Å². The van der Waals surface area contributed by atoms with Crippen molar-refractivity contribution in [1.29, 1.82) is 0 Å². The molecule has 0 saturated carbocycles. The summed E-state index contributed by atoms with van der Waals surface area (Å²) < 4.78 is 0. The second kappa shape index (κ2) is 11.3. The summed E-state index contributed by atoms with van der Waals surface area (Å²) in [6, 6.07) is 19.6. The molecule has 5 aromatic rings. The van der Waals surface area contributed by atoms with Crippen LogP contribution < -0.4 is 37.7 Å². The smallest absolute Gasteiger partial charge is 0.247 e. The highest BCUT2D eigenvalue weighted by atomic mass is 15.2. The summed E-state index contributed by atoms with van der Waals surface area (Å²) in [5.74, 6) is 0. The number of benzene rings is 5. The molecule has 0 saturated heterocycles. The van der Waals surface area contributed by atoms with Gasteiger partial charge in [0.05, 0.1) is 0 Å². The number of anilines is 3. The molecule has 0 aliphatic carbocycles. The molecule has 0 amide bonds. The number of hydrogen-bond donors (Lipinski definition) is 0. The van der Waals surface area contributed by atoms with Crippen LogP contribution in [-0.4, -0.2) is 13.4 Å². The molecule has 7 rings (SSSR count). The van der Waals surface area contributed by atoms with Gasteiger partial charge in [0, 0.05) is 17.1 Å². The highest BCUT2D eigenvalue weighted by Gasteiger charge is 2.46. The van der Waals surface area contributed by atoms with Crippen LogP contribution in [0.3, 0.4) is 0 Å². The summed E-state index contributed by atoms with van der Waals surface area (Å²) in [6.45, 7) is 35.4. The molecule has 2 heterocycles. The van der Waals surface area contributed by atoms with Gasteiger partial charge in [-0.25, -0.2) is 0 Å². The van der Waals surface area contributed by atoms with Crippen molar-refractivity contribution in [2.45, 2.75) is 109 Å². The zero-order valence-corrected chi connectivity index (χ0v) is 32.7. The Bertz CT molecular complexity index is 2040. The minimum Gasteiger partial charge on any atom is -0.313 e. The van der Waals surface area contributed by atoms with Crippen LogP contribution in [0.15, 0.2) is 48.5 Å². The molecule has 49 heavy (non-hydrogen) atoms. The van der Waals surface area contributed by atoms with E-state index in [1.807, 2.05) is 0 Å². The van der Waals surface area contributed by atoms with Crippen molar-refractivity contribution in [3.05, 3.63) is 121 Å². The van der Waals surface area contributed by atoms with Gasteiger partial charge in [-0.05, 0) is 161 Å². The predicted molar refractivity (Wildman–Crippen MR) is 219 cm³/mol. The molecule has 0 atom stereocenters. The van der Waals surface area contributed by atoms with E-state index in [9.17, 15) is 0 Å². The van der Waals surface area contributed by atoms with Crippen LogP contribution in [-0.2, 0) is 5.41 Å². The molecule has 0 spiro atoms. The van der Waals surface area contributed by atoms with E-state index >= 15 is 0 Å². The second-order valence-corrected chi connectivity index (χ2v) is 16.7. The Hall–Kier alpha value is -3.97. The van der Waals surface area contributed by atoms with Gasteiger partial charge >= 0.3 is 0 Å². The van der Waals surface area contributed by atoms with Crippen molar-refractivity contribution in [3.63, 3.8) is 0 Å². The molecule has 2 aliphatic heterocycles. The Labute approximate surface area is 297 Å². The fourth-order valence-corrected chi connectivity index (χ4v) is 9.28. The van der Waals surface area contributed by atoms with E-state index in [2.05, 4.69) is 157 Å². The van der Waals surface area contributed by atoms with Gasteiger partial charge in [0.2, 0.25) is 13.4 Å². The molecule has 0 N–H and O–H groups in total. The largest absolute Gasteiger partial charge is 0.313 e. The Kier molecular flexibility index (Phi) is 7.71. The molecular formula is C46H53B2N. The van der Waals surface area contributed by atoms with Gasteiger partial charge in [0.1, 0.15) is 0 Å². The fraction of sp³-hybridized carbons (Fsp3) is 0.348. The van der Waals surface area contributed by atoms with Crippen LogP contribution in [0.1, 0.15) is 93.1 Å². The summed E-state index contributed by atoms with van der Waals surface area (Å²) in [4.78, 5) is 2.64. The lowest BCUT2D eigenvalue weighted by Gasteiger charge is -2.46. The molecule has 0 unspecified atom stereocenters. The van der Waals surface area contributed by atoms with E-state index in [0.29, 0.717) is 0 Å². The van der Waals surface area contributed by atoms with Gasteiger partial charge in [-0.3, -0.25) is 0 Å². The molecule has 0 aromatic heterocycles. The first-order valence-electron chi connectivity index (χ1n) is 18.3. The predicted octanol–water partition coefficient (Wildman–Crippen LogP) is 7.81. The van der Waals surface area contributed by atoms with Gasteiger partial charge < -0.3 is 4.90 Å². The van der Waals surface area contributed by atoms with Crippen LogP contribution in [0, 0.1) is 83.1 Å². The molecular weight excluding hydrogens is 588 g/mol. The van der Waals surface area contributed by atoms with Gasteiger partial charge in [0.25, 0.3) is 0 Å². The molecule has 5 aromatic carbocycles. The van der Waals surface area contributed by atoms with Gasteiger partial charge in [-0.1, -0.05) is 101 Å². The average molecular weight is 642 g/mol. The zero-order chi connectivity index (χ0) is 35.6. The van der Waals surface area contributed by atoms with Crippen molar-refractivity contribution in [1.82, 2.24) is 0 Å². The maximum absolute atomic E-state index is 2.64. The van der Waals surface area contributed by atoms with Crippen LogP contribution >= 0.6 is 0 Å². The quantitative estimate of drug-likeness (QED) is 0.174. The lowest BCUT2D eigenvalue weighted by Crippen LogP contribution is -2.66. The summed E-state index contributed by atoms with van der Waals surface area (Å²) in [7, 11) is 0. The topological polar surface area (TPSA) is 3.24 Å². The molecule has 248 valence electrons. The van der Waals surface area contributed by atoms with Crippen LogP contribution in [0.5, 0.6) is 0 Å². The highest BCUT2D eigenvalue weighted by molar-refractivity contribution is 7.02. The maximum atomic E-state index is 2.64. The number of nitrogens with zero attached hydrogens (tertiary/aromatic N) is 1. The first kappa shape index (κ1) is 33.5. The molecule has 1 nitrogen and oxygen atoms in total. The number of aryl methyl sites for hydroxylation is 2. The minimum atomic E-state index is -0.0162. The van der Waals surface area contributed by atoms with E-state index in [-0.39, 0.29) is 18.8 Å². The standard InChI is InChI=1S/C46H53B2N/c1-24-16-18-41-37(20-24)47(43-32(9)28(5)26(3)29(6)33(43)10)39-22-36(46(13,14)15)23-40-45(39)49(41)42-19-17-25(2)21-38(42)48(40)44-34(11)30(7)27(4)31(8)35(44)12/h16-23H,1-15H3. The van der Waals surface area contributed by atoms with Crippen molar-refractivity contribution in [3.8, 4) is 0 Å². The van der Waals surface area contributed by atoms with Crippen LogP contribution in [0.25, 0.3) is 0 Å². The Balaban J connectivity index is 1.71. The van der Waals surface area contributed by atoms with Crippen molar-refractivity contribution < 1.29 is 0 Å². The Morgan fingerprint density at radius 2 is 0.735 bits per heavy atom. The Morgan fingerprint density at radius 3 is 1.06 bits per heavy atom. The van der Waals surface area contributed by atoms with Gasteiger partial charge in [-0.15, -0.1) is 0 Å². The van der Waals surface area contributed by atoms with Crippen LogP contribution in [0.2, 0.25) is 0 Å².